The van der Waals surface area contributed by atoms with Crippen molar-refractivity contribution < 1.29 is 19.1 Å². The number of hydrogen-bond acceptors (Lipinski definition) is 7. The molecule has 1 N–H and O–H groups in total. The molecule has 1 fully saturated rings. The average molecular weight is 454 g/mol. The van der Waals surface area contributed by atoms with Crippen LogP contribution in [-0.4, -0.2) is 67.1 Å². The van der Waals surface area contributed by atoms with Gasteiger partial charge in [0.15, 0.2) is 5.13 Å². The smallest absolute Gasteiger partial charge is 0.262 e. The fraction of sp³-hybridized carbons (Fsp3) is 0.318. The van der Waals surface area contributed by atoms with Crippen molar-refractivity contribution in [2.24, 2.45) is 10.9 Å². The number of dihydropyridines is 1. The van der Waals surface area contributed by atoms with E-state index in [9.17, 15) is 14.4 Å². The standard InChI is InChI=1S/C22H23N5O4S/c1-31-18-7-3-2-6-17(18)26-9-11-27(12-10-26)19(28)13-15-14-32-22(24-15)25-21(30)16-5-4-8-23-20(16)29/h2-8,14,16H,9-13H2,1H3,(H,24,25,30). The molecule has 2 aliphatic heterocycles. The molecule has 9 nitrogen and oxygen atoms in total. The second kappa shape index (κ2) is 9.73. The molecule has 32 heavy (non-hydrogen) atoms. The summed E-state index contributed by atoms with van der Waals surface area (Å²) >= 11 is 1.22. The van der Waals surface area contributed by atoms with Crippen molar-refractivity contribution in [3.63, 3.8) is 0 Å². The van der Waals surface area contributed by atoms with E-state index in [4.69, 9.17) is 4.74 Å². The third-order valence-electron chi connectivity index (χ3n) is 5.31. The normalized spacial score (nSPS) is 18.0. The number of amides is 3. The van der Waals surface area contributed by atoms with E-state index in [0.717, 1.165) is 24.5 Å². The van der Waals surface area contributed by atoms with E-state index in [1.165, 1.54) is 23.6 Å². The molecule has 2 aromatic rings. The first kappa shape index (κ1) is 21.7. The second-order valence-corrected chi connectivity index (χ2v) is 8.19. The maximum Gasteiger partial charge on any atom is 0.262 e. The molecule has 0 spiro atoms. The molecule has 0 bridgehead atoms. The maximum atomic E-state index is 12.7. The van der Waals surface area contributed by atoms with Crippen LogP contribution < -0.4 is 15.0 Å². The summed E-state index contributed by atoms with van der Waals surface area (Å²) in [5, 5.41) is 4.73. The first-order chi connectivity index (χ1) is 15.5. The Morgan fingerprint density at radius 2 is 2.00 bits per heavy atom. The Morgan fingerprint density at radius 1 is 1.22 bits per heavy atom. The lowest BCUT2D eigenvalue weighted by atomic mass is 10.1. The molecule has 1 aromatic carbocycles. The number of nitrogens with zero attached hydrogens (tertiary/aromatic N) is 4. The number of para-hydroxylation sites is 2. The van der Waals surface area contributed by atoms with Crippen LogP contribution in [0.25, 0.3) is 0 Å². The molecule has 0 radical (unpaired) electrons. The van der Waals surface area contributed by atoms with Gasteiger partial charge in [-0.25, -0.2) is 9.98 Å². The number of benzene rings is 1. The summed E-state index contributed by atoms with van der Waals surface area (Å²) in [6.07, 6.45) is 4.57. The van der Waals surface area contributed by atoms with Crippen LogP contribution in [0.3, 0.4) is 0 Å². The van der Waals surface area contributed by atoms with Crippen molar-refractivity contribution in [3.8, 4) is 5.75 Å². The van der Waals surface area contributed by atoms with Crippen LogP contribution in [0.15, 0.2) is 46.8 Å². The lowest BCUT2D eigenvalue weighted by Crippen LogP contribution is -2.49. The highest BCUT2D eigenvalue weighted by atomic mass is 32.1. The van der Waals surface area contributed by atoms with Crippen LogP contribution in [0.1, 0.15) is 5.69 Å². The Balaban J connectivity index is 1.29. The van der Waals surface area contributed by atoms with Gasteiger partial charge in [-0.15, -0.1) is 11.3 Å². The van der Waals surface area contributed by atoms with Gasteiger partial charge >= 0.3 is 0 Å². The fourth-order valence-corrected chi connectivity index (χ4v) is 4.34. The lowest BCUT2D eigenvalue weighted by molar-refractivity contribution is -0.131. The second-order valence-electron chi connectivity index (χ2n) is 7.33. The molecule has 4 rings (SSSR count). The molecule has 3 amide bonds. The van der Waals surface area contributed by atoms with Crippen LogP contribution in [0.4, 0.5) is 10.8 Å². The van der Waals surface area contributed by atoms with E-state index < -0.39 is 17.7 Å². The highest BCUT2D eigenvalue weighted by molar-refractivity contribution is 7.14. The molecule has 1 unspecified atom stereocenters. The largest absolute Gasteiger partial charge is 0.495 e. The number of nitrogens with one attached hydrogen (secondary N) is 1. The number of hydrogen-bond donors (Lipinski definition) is 1. The number of methoxy groups -OCH3 is 1. The first-order valence-electron chi connectivity index (χ1n) is 10.2. The van der Waals surface area contributed by atoms with Crippen molar-refractivity contribution in [1.29, 1.82) is 0 Å². The van der Waals surface area contributed by atoms with Crippen molar-refractivity contribution in [2.45, 2.75) is 6.42 Å². The minimum atomic E-state index is -0.950. The van der Waals surface area contributed by atoms with E-state index >= 15 is 0 Å². The van der Waals surface area contributed by atoms with Crippen LogP contribution >= 0.6 is 11.3 Å². The van der Waals surface area contributed by atoms with Crippen molar-refractivity contribution in [2.75, 3.05) is 43.5 Å². The fourth-order valence-electron chi connectivity index (χ4n) is 3.62. The van der Waals surface area contributed by atoms with Gasteiger partial charge in [0.25, 0.3) is 5.91 Å². The highest BCUT2D eigenvalue weighted by Crippen LogP contribution is 2.28. The van der Waals surface area contributed by atoms with E-state index in [-0.39, 0.29) is 12.3 Å². The number of thiazole rings is 1. The van der Waals surface area contributed by atoms with Gasteiger partial charge < -0.3 is 19.9 Å². The third kappa shape index (κ3) is 4.86. The molecule has 1 saturated heterocycles. The number of rotatable bonds is 6. The van der Waals surface area contributed by atoms with Crippen LogP contribution in [-0.2, 0) is 20.8 Å². The van der Waals surface area contributed by atoms with Gasteiger partial charge in [0.1, 0.15) is 11.7 Å². The van der Waals surface area contributed by atoms with E-state index in [2.05, 4.69) is 20.2 Å². The Bertz CT molecular complexity index is 1070. The van der Waals surface area contributed by atoms with E-state index in [0.29, 0.717) is 23.9 Å². The summed E-state index contributed by atoms with van der Waals surface area (Å²) < 4.78 is 5.44. The number of anilines is 2. The quantitative estimate of drug-likeness (QED) is 0.669. The van der Waals surface area contributed by atoms with Gasteiger partial charge in [-0.1, -0.05) is 18.2 Å². The summed E-state index contributed by atoms with van der Waals surface area (Å²) in [5.74, 6) is -1.13. The summed E-state index contributed by atoms with van der Waals surface area (Å²) in [6, 6.07) is 7.86. The molecule has 1 atom stereocenters. The first-order valence-corrected chi connectivity index (χ1v) is 11.1. The molecular weight excluding hydrogens is 430 g/mol. The predicted octanol–water partition coefficient (Wildman–Crippen LogP) is 1.76. The number of ether oxygens (including phenoxy) is 1. The number of carbonyl (C=O) groups excluding carboxylic acids is 3. The molecule has 0 saturated carbocycles. The minimum Gasteiger partial charge on any atom is -0.495 e. The van der Waals surface area contributed by atoms with Gasteiger partial charge in [-0.05, 0) is 18.2 Å². The van der Waals surface area contributed by atoms with Crippen LogP contribution in [0.5, 0.6) is 5.75 Å². The van der Waals surface area contributed by atoms with E-state index in [1.54, 1.807) is 18.6 Å². The van der Waals surface area contributed by atoms with Gasteiger partial charge in [0, 0.05) is 37.8 Å². The summed E-state index contributed by atoms with van der Waals surface area (Å²) in [7, 11) is 1.65. The zero-order chi connectivity index (χ0) is 22.5. The molecule has 2 aliphatic rings. The van der Waals surface area contributed by atoms with Crippen LogP contribution in [0.2, 0.25) is 0 Å². The number of carbonyl (C=O) groups is 3. The SMILES string of the molecule is COc1ccccc1N1CCN(C(=O)Cc2csc(NC(=O)C3C=CC=NC3=O)n2)CC1. The highest BCUT2D eigenvalue weighted by Gasteiger charge is 2.26. The topological polar surface area (TPSA) is 104 Å². The van der Waals surface area contributed by atoms with Gasteiger partial charge in [0.2, 0.25) is 11.8 Å². The summed E-state index contributed by atoms with van der Waals surface area (Å²) in [6.45, 7) is 2.66. The predicted molar refractivity (Wildman–Crippen MR) is 122 cm³/mol. The number of aromatic nitrogens is 1. The molecule has 3 heterocycles. The molecule has 10 heteroatoms. The molecule has 0 aliphatic carbocycles. The maximum absolute atomic E-state index is 12.7. The van der Waals surface area contributed by atoms with E-state index in [1.807, 2.05) is 29.2 Å². The van der Waals surface area contributed by atoms with Crippen molar-refractivity contribution in [1.82, 2.24) is 9.88 Å². The Kier molecular flexibility index (Phi) is 6.60. The summed E-state index contributed by atoms with van der Waals surface area (Å²) in [4.78, 5) is 48.7. The molecule has 1 aromatic heterocycles. The Morgan fingerprint density at radius 3 is 2.75 bits per heavy atom. The van der Waals surface area contributed by atoms with Crippen molar-refractivity contribution in [3.05, 3.63) is 47.5 Å². The summed E-state index contributed by atoms with van der Waals surface area (Å²) in [5.41, 5.74) is 1.62. The van der Waals surface area contributed by atoms with Gasteiger partial charge in [-0.2, -0.15) is 0 Å². The molecular formula is C22H23N5O4S. The Hall–Kier alpha value is -3.53. The zero-order valence-electron chi connectivity index (χ0n) is 17.6. The number of piperazine rings is 1. The third-order valence-corrected chi connectivity index (χ3v) is 6.12. The van der Waals surface area contributed by atoms with Crippen LogP contribution in [0, 0.1) is 5.92 Å². The van der Waals surface area contributed by atoms with Gasteiger partial charge in [-0.3, -0.25) is 14.4 Å². The molecule has 166 valence electrons. The number of aliphatic imine (C=N–C) groups is 1. The zero-order valence-corrected chi connectivity index (χ0v) is 18.4. The Labute approximate surface area is 189 Å². The monoisotopic (exact) mass is 453 g/mol. The minimum absolute atomic E-state index is 0.00687. The average Bonchev–Trinajstić information content (AvgIpc) is 3.25. The number of allylic oxidation sites excluding steroid dienone is 1. The van der Waals surface area contributed by atoms with Gasteiger partial charge in [0.05, 0.1) is 24.9 Å². The lowest BCUT2D eigenvalue weighted by Gasteiger charge is -2.36. The van der Waals surface area contributed by atoms with Crippen molar-refractivity contribution >= 4 is 46.1 Å².